The minimum absolute atomic E-state index is 0.0886. The van der Waals surface area contributed by atoms with E-state index in [0.29, 0.717) is 12.2 Å². The van der Waals surface area contributed by atoms with Gasteiger partial charge in [-0.3, -0.25) is 13.9 Å². The third-order valence-electron chi connectivity index (χ3n) is 6.41. The molecule has 1 atom stereocenters. The lowest BCUT2D eigenvalue weighted by molar-refractivity contribution is -0.139. The number of aryl methyl sites for hydroxylation is 2. The molecule has 0 radical (unpaired) electrons. The van der Waals surface area contributed by atoms with Gasteiger partial charge in [-0.25, -0.2) is 8.42 Å². The van der Waals surface area contributed by atoms with Crippen molar-refractivity contribution < 1.29 is 18.0 Å². The number of anilines is 1. The number of rotatable bonds is 10. The van der Waals surface area contributed by atoms with Gasteiger partial charge in [-0.05, 0) is 69.5 Å². The van der Waals surface area contributed by atoms with E-state index in [1.165, 1.54) is 17.0 Å². The predicted octanol–water partition coefficient (Wildman–Crippen LogP) is 4.36. The first-order valence-corrected chi connectivity index (χ1v) is 13.8. The topological polar surface area (TPSA) is 86.8 Å². The third kappa shape index (κ3) is 6.57. The van der Waals surface area contributed by atoms with Crippen molar-refractivity contribution in [2.45, 2.75) is 52.1 Å². The molecule has 1 N–H and O–H groups in total. The Labute approximate surface area is 220 Å². The van der Waals surface area contributed by atoms with Crippen molar-refractivity contribution in [1.29, 1.82) is 0 Å². The SMILES string of the molecule is CCNC(=O)[C@H](C)N(Cc1cccc(C)c1)C(=O)CN(c1cccc(C)c1C)S(=O)(=O)c1ccccc1. The second kappa shape index (κ2) is 12.1. The van der Waals surface area contributed by atoms with Crippen LogP contribution >= 0.6 is 0 Å². The van der Waals surface area contributed by atoms with Gasteiger partial charge in [0.05, 0.1) is 10.6 Å². The van der Waals surface area contributed by atoms with Gasteiger partial charge in [-0.1, -0.05) is 60.2 Å². The zero-order valence-electron chi connectivity index (χ0n) is 22.1. The van der Waals surface area contributed by atoms with Crippen LogP contribution in [-0.2, 0) is 26.2 Å². The second-order valence-corrected chi connectivity index (χ2v) is 11.0. The zero-order valence-corrected chi connectivity index (χ0v) is 22.9. The highest BCUT2D eigenvalue weighted by atomic mass is 32.2. The standard InChI is InChI=1S/C29H35N3O4S/c1-6-30-29(34)24(5)31(19-25-14-10-12-21(2)18-25)28(33)20-32(27-17-11-13-22(3)23(27)4)37(35,36)26-15-8-7-9-16-26/h7-18,24H,6,19-20H2,1-5H3,(H,30,34)/t24-/m0/s1. The number of nitrogens with one attached hydrogen (secondary N) is 1. The highest BCUT2D eigenvalue weighted by molar-refractivity contribution is 7.92. The van der Waals surface area contributed by atoms with Gasteiger partial charge in [-0.15, -0.1) is 0 Å². The molecule has 0 spiro atoms. The van der Waals surface area contributed by atoms with E-state index < -0.39 is 28.5 Å². The summed E-state index contributed by atoms with van der Waals surface area (Å²) in [7, 11) is -4.07. The maximum atomic E-state index is 13.9. The predicted molar refractivity (Wildman–Crippen MR) is 147 cm³/mol. The van der Waals surface area contributed by atoms with Crippen LogP contribution in [0.1, 0.15) is 36.1 Å². The third-order valence-corrected chi connectivity index (χ3v) is 8.18. The molecule has 8 heteroatoms. The van der Waals surface area contributed by atoms with Gasteiger partial charge in [0.25, 0.3) is 10.0 Å². The van der Waals surface area contributed by atoms with E-state index in [1.807, 2.05) is 58.0 Å². The summed E-state index contributed by atoms with van der Waals surface area (Å²) >= 11 is 0. The Bertz CT molecular complexity index is 1360. The van der Waals surface area contributed by atoms with Gasteiger partial charge < -0.3 is 10.2 Å². The Balaban J connectivity index is 2.07. The lowest BCUT2D eigenvalue weighted by Crippen LogP contribution is -2.51. The van der Waals surface area contributed by atoms with Crippen LogP contribution in [0.4, 0.5) is 5.69 Å². The van der Waals surface area contributed by atoms with Crippen molar-refractivity contribution in [3.63, 3.8) is 0 Å². The molecule has 37 heavy (non-hydrogen) atoms. The molecule has 196 valence electrons. The summed E-state index contributed by atoms with van der Waals surface area (Å²) in [5.74, 6) is -0.770. The van der Waals surface area contributed by atoms with Gasteiger partial charge in [0, 0.05) is 13.1 Å². The monoisotopic (exact) mass is 521 g/mol. The summed E-state index contributed by atoms with van der Waals surface area (Å²) < 4.78 is 28.8. The summed E-state index contributed by atoms with van der Waals surface area (Å²) in [6.45, 7) is 9.31. The van der Waals surface area contributed by atoms with E-state index in [2.05, 4.69) is 5.32 Å². The van der Waals surface area contributed by atoms with E-state index in [0.717, 1.165) is 26.6 Å². The normalized spacial score (nSPS) is 12.0. The van der Waals surface area contributed by atoms with Crippen molar-refractivity contribution in [2.24, 2.45) is 0 Å². The molecule has 0 aliphatic carbocycles. The molecule has 0 saturated heterocycles. The quantitative estimate of drug-likeness (QED) is 0.430. The molecule has 0 heterocycles. The van der Waals surface area contributed by atoms with Gasteiger partial charge in [0.1, 0.15) is 12.6 Å². The van der Waals surface area contributed by atoms with E-state index in [4.69, 9.17) is 0 Å². The Morgan fingerprint density at radius 2 is 1.59 bits per heavy atom. The van der Waals surface area contributed by atoms with Crippen LogP contribution in [0, 0.1) is 20.8 Å². The molecule has 0 saturated carbocycles. The molecule has 0 aliphatic heterocycles. The van der Waals surface area contributed by atoms with Crippen LogP contribution in [-0.4, -0.2) is 44.3 Å². The molecule has 0 unspecified atom stereocenters. The Hall–Kier alpha value is -3.65. The number of benzene rings is 3. The number of sulfonamides is 1. The molecular weight excluding hydrogens is 486 g/mol. The first-order chi connectivity index (χ1) is 17.6. The minimum atomic E-state index is -4.07. The van der Waals surface area contributed by atoms with Crippen molar-refractivity contribution in [3.05, 3.63) is 95.1 Å². The number of likely N-dealkylation sites (N-methyl/N-ethyl adjacent to an activating group) is 1. The number of nitrogens with zero attached hydrogens (tertiary/aromatic N) is 2. The number of hydrogen-bond acceptors (Lipinski definition) is 4. The molecule has 3 rings (SSSR count). The Kier molecular flexibility index (Phi) is 9.10. The van der Waals surface area contributed by atoms with E-state index in [9.17, 15) is 18.0 Å². The van der Waals surface area contributed by atoms with Crippen LogP contribution < -0.4 is 9.62 Å². The molecule has 0 aromatic heterocycles. The minimum Gasteiger partial charge on any atom is -0.355 e. The fourth-order valence-electron chi connectivity index (χ4n) is 4.15. The maximum absolute atomic E-state index is 13.9. The molecule has 2 amide bonds. The van der Waals surface area contributed by atoms with Gasteiger partial charge in [0.2, 0.25) is 11.8 Å². The first-order valence-electron chi connectivity index (χ1n) is 12.3. The summed E-state index contributed by atoms with van der Waals surface area (Å²) in [5.41, 5.74) is 3.98. The highest BCUT2D eigenvalue weighted by Crippen LogP contribution is 2.29. The summed E-state index contributed by atoms with van der Waals surface area (Å²) in [5, 5.41) is 2.77. The van der Waals surface area contributed by atoms with Gasteiger partial charge >= 0.3 is 0 Å². The number of hydrogen-bond donors (Lipinski definition) is 1. The Morgan fingerprint density at radius 3 is 2.24 bits per heavy atom. The molecule has 3 aromatic carbocycles. The fourth-order valence-corrected chi connectivity index (χ4v) is 5.64. The van der Waals surface area contributed by atoms with Gasteiger partial charge in [0.15, 0.2) is 0 Å². The second-order valence-electron chi connectivity index (χ2n) is 9.13. The molecule has 0 fully saturated rings. The highest BCUT2D eigenvalue weighted by Gasteiger charge is 2.33. The van der Waals surface area contributed by atoms with E-state index in [1.54, 1.807) is 37.3 Å². The van der Waals surface area contributed by atoms with Crippen molar-refractivity contribution in [1.82, 2.24) is 10.2 Å². The Morgan fingerprint density at radius 1 is 0.919 bits per heavy atom. The summed E-state index contributed by atoms with van der Waals surface area (Å²) in [6, 6.07) is 20.3. The lowest BCUT2D eigenvalue weighted by atomic mass is 10.1. The summed E-state index contributed by atoms with van der Waals surface area (Å²) in [4.78, 5) is 28.2. The molecule has 0 aliphatic rings. The van der Waals surface area contributed by atoms with Crippen molar-refractivity contribution >= 4 is 27.5 Å². The average Bonchev–Trinajstić information content (AvgIpc) is 2.88. The van der Waals surface area contributed by atoms with Crippen LogP contribution in [0.15, 0.2) is 77.7 Å². The van der Waals surface area contributed by atoms with E-state index >= 15 is 0 Å². The fraction of sp³-hybridized carbons (Fsp3) is 0.310. The molecule has 3 aromatic rings. The zero-order chi connectivity index (χ0) is 27.2. The number of amides is 2. The smallest absolute Gasteiger partial charge is 0.264 e. The molecular formula is C29H35N3O4S. The first kappa shape index (κ1) is 27.9. The number of carbonyl (C=O) groups excluding carboxylic acids is 2. The lowest BCUT2D eigenvalue weighted by Gasteiger charge is -2.32. The van der Waals surface area contributed by atoms with Gasteiger partial charge in [-0.2, -0.15) is 0 Å². The van der Waals surface area contributed by atoms with Crippen LogP contribution in [0.25, 0.3) is 0 Å². The largest absolute Gasteiger partial charge is 0.355 e. The maximum Gasteiger partial charge on any atom is 0.264 e. The summed E-state index contributed by atoms with van der Waals surface area (Å²) in [6.07, 6.45) is 0. The average molecular weight is 522 g/mol. The number of carbonyl (C=O) groups is 2. The van der Waals surface area contributed by atoms with Crippen LogP contribution in [0.2, 0.25) is 0 Å². The van der Waals surface area contributed by atoms with E-state index in [-0.39, 0.29) is 17.3 Å². The van der Waals surface area contributed by atoms with Crippen LogP contribution in [0.3, 0.4) is 0 Å². The van der Waals surface area contributed by atoms with Crippen molar-refractivity contribution in [3.8, 4) is 0 Å². The van der Waals surface area contributed by atoms with Crippen molar-refractivity contribution in [2.75, 3.05) is 17.4 Å². The molecule has 0 bridgehead atoms. The van der Waals surface area contributed by atoms with Crippen LogP contribution in [0.5, 0.6) is 0 Å². The molecule has 7 nitrogen and oxygen atoms in total.